The highest BCUT2D eigenvalue weighted by Crippen LogP contribution is 2.59. The number of rotatable bonds is 5. The van der Waals surface area contributed by atoms with Crippen LogP contribution in [0.5, 0.6) is 0 Å². The number of nitrogens with zero attached hydrogens (tertiary/aromatic N) is 2. The monoisotopic (exact) mass is 544 g/mol. The van der Waals surface area contributed by atoms with Gasteiger partial charge >= 0.3 is 5.97 Å². The molecule has 0 radical (unpaired) electrons. The standard InChI is InChI=1S/C31H32N2O5S/c1-6-24-28-21(4)11-10-14-27(28)33(39(36,37)23-17-15-20(3)16-18-23)29(30(35)38-7-2)31(24)19-32(22(5)34)26-13-9-8-12-25(26)31/h6,8-18,24,29H,1,7,19H2,2-5H3. The Labute approximate surface area is 229 Å². The predicted octanol–water partition coefficient (Wildman–Crippen LogP) is 5.02. The van der Waals surface area contributed by atoms with E-state index in [-0.39, 0.29) is 24.0 Å². The highest BCUT2D eigenvalue weighted by molar-refractivity contribution is 7.93. The van der Waals surface area contributed by atoms with E-state index in [1.165, 1.54) is 11.2 Å². The van der Waals surface area contributed by atoms with Crippen molar-refractivity contribution in [3.63, 3.8) is 0 Å². The minimum absolute atomic E-state index is 0.0664. The molecule has 2 aliphatic heterocycles. The molecule has 7 nitrogen and oxygen atoms in total. The number of anilines is 2. The van der Waals surface area contributed by atoms with Crippen LogP contribution >= 0.6 is 0 Å². The van der Waals surface area contributed by atoms with Gasteiger partial charge in [-0.25, -0.2) is 13.2 Å². The van der Waals surface area contributed by atoms with E-state index < -0.39 is 33.4 Å². The van der Waals surface area contributed by atoms with Crippen molar-refractivity contribution in [1.29, 1.82) is 0 Å². The third-order valence-corrected chi connectivity index (χ3v) is 9.74. The lowest BCUT2D eigenvalue weighted by molar-refractivity contribution is -0.146. The number of ether oxygens (including phenoxy) is 1. The summed E-state index contributed by atoms with van der Waals surface area (Å²) in [5, 5.41) is 0. The molecule has 3 aromatic carbocycles. The number of carbonyl (C=O) groups is 2. The van der Waals surface area contributed by atoms with E-state index in [4.69, 9.17) is 4.74 Å². The van der Waals surface area contributed by atoms with Crippen LogP contribution in [-0.2, 0) is 29.8 Å². The Morgan fingerprint density at radius 2 is 1.69 bits per heavy atom. The third-order valence-electron chi connectivity index (χ3n) is 7.95. The predicted molar refractivity (Wildman–Crippen MR) is 152 cm³/mol. The van der Waals surface area contributed by atoms with E-state index in [1.54, 1.807) is 54.3 Å². The van der Waals surface area contributed by atoms with Crippen LogP contribution < -0.4 is 9.21 Å². The SMILES string of the molecule is C=CC1c2c(C)cccc2N(S(=O)(=O)c2ccc(C)cc2)C(C(=O)OCC)C12CN(C(C)=O)c1ccccc12. The molecule has 0 saturated carbocycles. The van der Waals surface area contributed by atoms with Crippen molar-refractivity contribution in [3.05, 3.63) is 102 Å². The second-order valence-corrected chi connectivity index (χ2v) is 12.0. The van der Waals surface area contributed by atoms with Gasteiger partial charge in [0.25, 0.3) is 10.0 Å². The number of fused-ring (bicyclic) bond motifs is 3. The zero-order chi connectivity index (χ0) is 28.1. The Bertz CT molecular complexity index is 1580. The largest absolute Gasteiger partial charge is 0.464 e. The molecular weight excluding hydrogens is 512 g/mol. The maximum absolute atomic E-state index is 14.6. The molecular formula is C31H32N2O5S. The van der Waals surface area contributed by atoms with Gasteiger partial charge in [0.15, 0.2) is 6.04 Å². The molecule has 0 aromatic heterocycles. The van der Waals surface area contributed by atoms with Crippen molar-refractivity contribution >= 4 is 33.3 Å². The average Bonchev–Trinajstić information content (AvgIpc) is 3.24. The summed E-state index contributed by atoms with van der Waals surface area (Å²) in [6.45, 7) is 11.3. The fourth-order valence-electron chi connectivity index (χ4n) is 6.30. The van der Waals surface area contributed by atoms with E-state index in [0.717, 1.165) is 16.7 Å². The lowest BCUT2D eigenvalue weighted by Crippen LogP contribution is -2.64. The number of hydrogen-bond acceptors (Lipinski definition) is 5. The van der Waals surface area contributed by atoms with Crippen molar-refractivity contribution in [1.82, 2.24) is 0 Å². The number of para-hydroxylation sites is 1. The first-order chi connectivity index (χ1) is 18.6. The first-order valence-corrected chi connectivity index (χ1v) is 14.4. The third kappa shape index (κ3) is 3.88. The molecule has 1 spiro atoms. The molecule has 39 heavy (non-hydrogen) atoms. The second-order valence-electron chi connectivity index (χ2n) is 10.2. The summed E-state index contributed by atoms with van der Waals surface area (Å²) in [5.41, 5.74) is 3.11. The van der Waals surface area contributed by atoms with Crippen LogP contribution in [0, 0.1) is 13.8 Å². The van der Waals surface area contributed by atoms with Crippen LogP contribution in [0.1, 0.15) is 42.0 Å². The van der Waals surface area contributed by atoms with E-state index in [0.29, 0.717) is 16.9 Å². The van der Waals surface area contributed by atoms with Gasteiger partial charge in [-0.15, -0.1) is 6.58 Å². The molecule has 5 rings (SSSR count). The van der Waals surface area contributed by atoms with Crippen molar-refractivity contribution in [3.8, 4) is 0 Å². The maximum atomic E-state index is 14.6. The number of carbonyl (C=O) groups excluding carboxylic acids is 2. The van der Waals surface area contributed by atoms with Crippen LogP contribution in [0.4, 0.5) is 11.4 Å². The van der Waals surface area contributed by atoms with E-state index in [9.17, 15) is 18.0 Å². The molecule has 2 heterocycles. The van der Waals surface area contributed by atoms with Gasteiger partial charge in [0.2, 0.25) is 5.91 Å². The fraction of sp³-hybridized carbons (Fsp3) is 0.290. The van der Waals surface area contributed by atoms with E-state index >= 15 is 0 Å². The van der Waals surface area contributed by atoms with Crippen molar-refractivity contribution in [2.45, 2.75) is 50.0 Å². The molecule has 0 N–H and O–H groups in total. The van der Waals surface area contributed by atoms with Gasteiger partial charge in [-0.05, 0) is 61.7 Å². The topological polar surface area (TPSA) is 84.0 Å². The molecule has 3 atom stereocenters. The van der Waals surface area contributed by atoms with Crippen molar-refractivity contribution < 1.29 is 22.7 Å². The van der Waals surface area contributed by atoms with E-state index in [1.807, 2.05) is 44.2 Å². The summed E-state index contributed by atoms with van der Waals surface area (Å²) in [7, 11) is -4.26. The maximum Gasteiger partial charge on any atom is 0.331 e. The lowest BCUT2D eigenvalue weighted by atomic mass is 9.61. The molecule has 3 aromatic rings. The minimum atomic E-state index is -4.26. The van der Waals surface area contributed by atoms with Crippen molar-refractivity contribution in [2.75, 3.05) is 22.4 Å². The van der Waals surface area contributed by atoms with Gasteiger partial charge in [-0.3, -0.25) is 9.10 Å². The molecule has 0 saturated heterocycles. The molecule has 8 heteroatoms. The number of sulfonamides is 1. The zero-order valence-corrected chi connectivity index (χ0v) is 23.4. The summed E-state index contributed by atoms with van der Waals surface area (Å²) < 4.78 is 36.0. The smallest absolute Gasteiger partial charge is 0.331 e. The van der Waals surface area contributed by atoms with Crippen LogP contribution in [0.25, 0.3) is 0 Å². The Morgan fingerprint density at radius 1 is 1.03 bits per heavy atom. The Hall–Kier alpha value is -3.91. The molecule has 0 fully saturated rings. The van der Waals surface area contributed by atoms with Crippen LogP contribution in [0.3, 0.4) is 0 Å². The summed E-state index contributed by atoms with van der Waals surface area (Å²) in [4.78, 5) is 28.7. The number of allylic oxidation sites excluding steroid dienone is 1. The zero-order valence-electron chi connectivity index (χ0n) is 22.5. The van der Waals surface area contributed by atoms with Gasteiger partial charge in [0.05, 0.1) is 22.6 Å². The molecule has 202 valence electrons. The van der Waals surface area contributed by atoms with Crippen molar-refractivity contribution in [2.24, 2.45) is 0 Å². The molecule has 2 aliphatic rings. The highest BCUT2D eigenvalue weighted by atomic mass is 32.2. The average molecular weight is 545 g/mol. The Kier molecular flexibility index (Phi) is 6.63. The highest BCUT2D eigenvalue weighted by Gasteiger charge is 2.63. The first-order valence-electron chi connectivity index (χ1n) is 13.0. The van der Waals surface area contributed by atoms with E-state index in [2.05, 4.69) is 6.58 Å². The van der Waals surface area contributed by atoms with Gasteiger partial charge in [-0.1, -0.05) is 54.1 Å². The quantitative estimate of drug-likeness (QED) is 0.333. The first kappa shape index (κ1) is 26.7. The van der Waals surface area contributed by atoms with Crippen LogP contribution in [0.15, 0.2) is 84.3 Å². The van der Waals surface area contributed by atoms with Gasteiger partial charge in [0.1, 0.15) is 0 Å². The Balaban J connectivity index is 1.92. The van der Waals surface area contributed by atoms with Crippen LogP contribution in [0.2, 0.25) is 0 Å². The van der Waals surface area contributed by atoms with Crippen LogP contribution in [-0.4, -0.2) is 39.5 Å². The lowest BCUT2D eigenvalue weighted by Gasteiger charge is -2.51. The minimum Gasteiger partial charge on any atom is -0.464 e. The fourth-order valence-corrected chi connectivity index (χ4v) is 7.98. The molecule has 1 amide bonds. The molecule has 3 unspecified atom stereocenters. The molecule has 0 bridgehead atoms. The number of aryl methyl sites for hydroxylation is 2. The summed E-state index contributed by atoms with van der Waals surface area (Å²) >= 11 is 0. The number of esters is 1. The number of amides is 1. The van der Waals surface area contributed by atoms with Gasteiger partial charge in [-0.2, -0.15) is 0 Å². The summed E-state index contributed by atoms with van der Waals surface area (Å²) in [6, 6.07) is 18.1. The van der Waals surface area contributed by atoms with Gasteiger partial charge < -0.3 is 9.64 Å². The number of hydrogen-bond donors (Lipinski definition) is 0. The normalized spacial score (nSPS) is 21.8. The number of benzene rings is 3. The summed E-state index contributed by atoms with van der Waals surface area (Å²) in [5.74, 6) is -1.36. The Morgan fingerprint density at radius 3 is 2.33 bits per heavy atom. The second kappa shape index (κ2) is 9.68. The summed E-state index contributed by atoms with van der Waals surface area (Å²) in [6.07, 6.45) is 1.77. The molecule has 0 aliphatic carbocycles. The van der Waals surface area contributed by atoms with Gasteiger partial charge in [0, 0.05) is 25.1 Å².